The molecule has 0 bridgehead atoms. The summed E-state index contributed by atoms with van der Waals surface area (Å²) in [6.07, 6.45) is 2.24. The van der Waals surface area contributed by atoms with Crippen LogP contribution in [0.25, 0.3) is 10.9 Å². The van der Waals surface area contributed by atoms with E-state index in [9.17, 15) is 0 Å². The zero-order valence-corrected chi connectivity index (χ0v) is 12.7. The number of benzene rings is 1. The summed E-state index contributed by atoms with van der Waals surface area (Å²) >= 11 is 0. The lowest BCUT2D eigenvalue weighted by molar-refractivity contribution is 0.207. The van der Waals surface area contributed by atoms with E-state index in [2.05, 4.69) is 58.7 Å². The predicted molar refractivity (Wildman–Crippen MR) is 85.0 cm³/mol. The van der Waals surface area contributed by atoms with Gasteiger partial charge in [-0.2, -0.15) is 0 Å². The Morgan fingerprint density at radius 3 is 2.75 bits per heavy atom. The van der Waals surface area contributed by atoms with Crippen molar-refractivity contribution >= 4 is 10.9 Å². The van der Waals surface area contributed by atoms with Crippen molar-refractivity contribution in [1.29, 1.82) is 0 Å². The lowest BCUT2D eigenvalue weighted by atomic mass is 10.1. The average molecular weight is 271 g/mol. The molecule has 2 aromatic rings. The highest BCUT2D eigenvalue weighted by Gasteiger charge is 2.16. The molecule has 108 valence electrons. The number of para-hydroxylation sites is 1. The van der Waals surface area contributed by atoms with Crippen LogP contribution in [0, 0.1) is 0 Å². The van der Waals surface area contributed by atoms with Crippen LogP contribution >= 0.6 is 0 Å². The van der Waals surface area contributed by atoms with Crippen LogP contribution in [-0.4, -0.2) is 47.1 Å². The Morgan fingerprint density at radius 1 is 1.10 bits per heavy atom. The maximum absolute atomic E-state index is 2.60. The van der Waals surface area contributed by atoms with Gasteiger partial charge in [0, 0.05) is 38.9 Å². The lowest BCUT2D eigenvalue weighted by Crippen LogP contribution is -2.35. The molecule has 1 aromatic carbocycles. The Morgan fingerprint density at radius 2 is 1.95 bits per heavy atom. The third kappa shape index (κ3) is 2.60. The average Bonchev–Trinajstić information content (AvgIpc) is 2.80. The van der Waals surface area contributed by atoms with Crippen molar-refractivity contribution in [2.45, 2.75) is 26.9 Å². The molecule has 0 unspecified atom stereocenters. The van der Waals surface area contributed by atoms with Crippen LogP contribution < -0.4 is 0 Å². The van der Waals surface area contributed by atoms with Crippen molar-refractivity contribution in [3.8, 4) is 0 Å². The summed E-state index contributed by atoms with van der Waals surface area (Å²) in [4.78, 5) is 5.10. The number of hydrogen-bond donors (Lipinski definition) is 0. The van der Waals surface area contributed by atoms with Crippen molar-refractivity contribution in [2.75, 3.05) is 32.7 Å². The first kappa shape index (κ1) is 13.7. The van der Waals surface area contributed by atoms with Gasteiger partial charge in [-0.3, -0.25) is 4.90 Å². The molecule has 3 heteroatoms. The summed E-state index contributed by atoms with van der Waals surface area (Å²) in [5.41, 5.74) is 2.92. The predicted octanol–water partition coefficient (Wildman–Crippen LogP) is 2.80. The summed E-state index contributed by atoms with van der Waals surface area (Å²) in [6, 6.07) is 8.94. The fourth-order valence-corrected chi connectivity index (χ4v) is 3.24. The second-order valence-corrected chi connectivity index (χ2v) is 5.67. The minimum absolute atomic E-state index is 1.09. The van der Waals surface area contributed by atoms with Crippen molar-refractivity contribution < 1.29 is 0 Å². The highest BCUT2D eigenvalue weighted by Crippen LogP contribution is 2.24. The van der Waals surface area contributed by atoms with Crippen LogP contribution in [0.4, 0.5) is 0 Å². The highest BCUT2D eigenvalue weighted by atomic mass is 15.2. The molecule has 0 N–H and O–H groups in total. The number of nitrogens with zero attached hydrogens (tertiary/aromatic N) is 3. The Hall–Kier alpha value is -1.32. The van der Waals surface area contributed by atoms with Gasteiger partial charge >= 0.3 is 0 Å². The van der Waals surface area contributed by atoms with Crippen LogP contribution in [-0.2, 0) is 13.1 Å². The van der Waals surface area contributed by atoms with Gasteiger partial charge in [0.2, 0.25) is 0 Å². The van der Waals surface area contributed by atoms with Gasteiger partial charge in [0.05, 0.1) is 5.52 Å². The molecule has 1 aliphatic heterocycles. The molecule has 3 rings (SSSR count). The van der Waals surface area contributed by atoms with Crippen molar-refractivity contribution in [1.82, 2.24) is 14.4 Å². The minimum atomic E-state index is 1.09. The normalized spacial score (nSPS) is 15.9. The molecule has 0 saturated carbocycles. The van der Waals surface area contributed by atoms with E-state index < -0.39 is 0 Å². The minimum Gasteiger partial charge on any atom is -0.346 e. The van der Waals surface area contributed by atoms with Crippen molar-refractivity contribution in [2.24, 2.45) is 0 Å². The van der Waals surface area contributed by atoms with E-state index in [-0.39, 0.29) is 0 Å². The van der Waals surface area contributed by atoms with Crippen LogP contribution in [0.2, 0.25) is 0 Å². The van der Waals surface area contributed by atoms with Crippen molar-refractivity contribution in [3.05, 3.63) is 36.0 Å². The van der Waals surface area contributed by atoms with E-state index in [1.807, 2.05) is 0 Å². The highest BCUT2D eigenvalue weighted by molar-refractivity contribution is 5.83. The number of likely N-dealkylation sites (N-methyl/N-ethyl adjacent to an activating group) is 1. The zero-order valence-electron chi connectivity index (χ0n) is 12.7. The Labute approximate surface area is 121 Å². The maximum atomic E-state index is 2.60. The van der Waals surface area contributed by atoms with Gasteiger partial charge in [0.25, 0.3) is 0 Å². The third-order valence-electron chi connectivity index (χ3n) is 4.55. The Kier molecular flexibility index (Phi) is 4.08. The van der Waals surface area contributed by atoms with Gasteiger partial charge in [0.1, 0.15) is 0 Å². The van der Waals surface area contributed by atoms with Crippen LogP contribution in [0.3, 0.4) is 0 Å². The van der Waals surface area contributed by atoms with Gasteiger partial charge in [-0.15, -0.1) is 0 Å². The van der Waals surface area contributed by atoms with Crippen molar-refractivity contribution in [3.63, 3.8) is 0 Å². The number of hydrogen-bond acceptors (Lipinski definition) is 2. The topological polar surface area (TPSA) is 11.4 Å². The summed E-state index contributed by atoms with van der Waals surface area (Å²) in [6.45, 7) is 12.5. The van der Waals surface area contributed by atoms with E-state index in [0.717, 1.165) is 32.7 Å². The van der Waals surface area contributed by atoms with Gasteiger partial charge in [-0.25, -0.2) is 0 Å². The molecule has 0 fully saturated rings. The van der Waals surface area contributed by atoms with E-state index in [4.69, 9.17) is 0 Å². The molecule has 2 heterocycles. The molecule has 0 spiro atoms. The molecule has 20 heavy (non-hydrogen) atoms. The standard InChI is InChI=1S/C17H25N3/c1-3-18(4-2)10-11-19-12-13-20-9-8-15-6-5-7-16(14-19)17(15)20/h5-9H,3-4,10-14H2,1-2H3. The SMILES string of the molecule is CCN(CC)CCN1CCn2ccc3cccc(c32)C1. The molecule has 3 nitrogen and oxygen atoms in total. The first-order chi connectivity index (χ1) is 9.81. The molecule has 0 aliphatic carbocycles. The molecule has 0 amide bonds. The maximum Gasteiger partial charge on any atom is 0.0526 e. The molecule has 1 aliphatic rings. The molecule has 0 saturated heterocycles. The fraction of sp³-hybridized carbons (Fsp3) is 0.529. The summed E-state index contributed by atoms with van der Waals surface area (Å²) < 4.78 is 2.42. The van der Waals surface area contributed by atoms with Gasteiger partial charge in [0.15, 0.2) is 0 Å². The number of aromatic nitrogens is 1. The molecular formula is C17H25N3. The fourth-order valence-electron chi connectivity index (χ4n) is 3.24. The molecule has 0 atom stereocenters. The van der Waals surface area contributed by atoms with Crippen LogP contribution in [0.5, 0.6) is 0 Å². The Balaban J connectivity index is 1.74. The first-order valence-electron chi connectivity index (χ1n) is 7.83. The van der Waals surface area contributed by atoms with Crippen LogP contribution in [0.15, 0.2) is 30.5 Å². The van der Waals surface area contributed by atoms with Gasteiger partial charge in [-0.05, 0) is 30.1 Å². The van der Waals surface area contributed by atoms with E-state index in [1.165, 1.54) is 29.6 Å². The molecule has 0 radical (unpaired) electrons. The zero-order chi connectivity index (χ0) is 13.9. The second-order valence-electron chi connectivity index (χ2n) is 5.67. The van der Waals surface area contributed by atoms with Gasteiger partial charge < -0.3 is 9.47 Å². The van der Waals surface area contributed by atoms with Crippen LogP contribution in [0.1, 0.15) is 19.4 Å². The number of rotatable bonds is 5. The quantitative estimate of drug-likeness (QED) is 0.828. The molecular weight excluding hydrogens is 246 g/mol. The summed E-state index contributed by atoms with van der Waals surface area (Å²) in [5, 5.41) is 1.38. The monoisotopic (exact) mass is 271 g/mol. The summed E-state index contributed by atoms with van der Waals surface area (Å²) in [7, 11) is 0. The molecule has 1 aromatic heterocycles. The third-order valence-corrected chi connectivity index (χ3v) is 4.55. The Bertz CT molecular complexity index is 569. The second kappa shape index (κ2) is 5.98. The largest absolute Gasteiger partial charge is 0.346 e. The van der Waals surface area contributed by atoms with Gasteiger partial charge in [-0.1, -0.05) is 32.0 Å². The summed E-state index contributed by atoms with van der Waals surface area (Å²) in [5.74, 6) is 0. The lowest BCUT2D eigenvalue weighted by Gasteiger charge is -2.25. The first-order valence-corrected chi connectivity index (χ1v) is 7.83. The van der Waals surface area contributed by atoms with E-state index in [1.54, 1.807) is 0 Å². The smallest absolute Gasteiger partial charge is 0.0526 e. The van der Waals surface area contributed by atoms with E-state index >= 15 is 0 Å². The van der Waals surface area contributed by atoms with E-state index in [0.29, 0.717) is 0 Å².